The van der Waals surface area contributed by atoms with Gasteiger partial charge in [0.15, 0.2) is 11.6 Å². The second-order valence-corrected chi connectivity index (χ2v) is 4.56. The third-order valence-corrected chi connectivity index (χ3v) is 3.12. The lowest BCUT2D eigenvalue weighted by Gasteiger charge is -2.12. The SMILES string of the molecule is Fc1cccc(Oc2cc([C@H]3CCON3)ccc2F)c1. The van der Waals surface area contributed by atoms with Gasteiger partial charge in [-0.15, -0.1) is 0 Å². The first-order chi connectivity index (χ1) is 9.72. The normalized spacial score (nSPS) is 18.2. The van der Waals surface area contributed by atoms with Crippen molar-refractivity contribution < 1.29 is 18.4 Å². The van der Waals surface area contributed by atoms with Gasteiger partial charge in [-0.25, -0.2) is 8.78 Å². The molecule has 5 heteroatoms. The fourth-order valence-corrected chi connectivity index (χ4v) is 2.10. The number of ether oxygens (including phenoxy) is 1. The fourth-order valence-electron chi connectivity index (χ4n) is 2.10. The Balaban J connectivity index is 1.86. The van der Waals surface area contributed by atoms with E-state index >= 15 is 0 Å². The van der Waals surface area contributed by atoms with Gasteiger partial charge in [-0.3, -0.25) is 0 Å². The molecule has 0 spiro atoms. The average Bonchev–Trinajstić information content (AvgIpc) is 2.95. The van der Waals surface area contributed by atoms with Crippen LogP contribution in [0.3, 0.4) is 0 Å². The molecule has 20 heavy (non-hydrogen) atoms. The van der Waals surface area contributed by atoms with E-state index in [1.54, 1.807) is 18.2 Å². The molecule has 0 aromatic heterocycles. The standard InChI is InChI=1S/C15H13F2NO2/c16-11-2-1-3-12(9-11)20-15-8-10(4-5-13(15)17)14-6-7-19-18-14/h1-5,8-9,14,18H,6-7H2/t14-/m1/s1. The number of hydrogen-bond donors (Lipinski definition) is 1. The minimum absolute atomic E-state index is 0.0189. The van der Waals surface area contributed by atoms with Crippen molar-refractivity contribution in [1.29, 1.82) is 0 Å². The Morgan fingerprint density at radius 1 is 1.15 bits per heavy atom. The first kappa shape index (κ1) is 13.0. The van der Waals surface area contributed by atoms with Crippen LogP contribution in [0.1, 0.15) is 18.0 Å². The minimum Gasteiger partial charge on any atom is -0.454 e. The van der Waals surface area contributed by atoms with Crippen LogP contribution in [0.2, 0.25) is 0 Å². The smallest absolute Gasteiger partial charge is 0.165 e. The largest absolute Gasteiger partial charge is 0.454 e. The first-order valence-corrected chi connectivity index (χ1v) is 6.32. The van der Waals surface area contributed by atoms with Crippen molar-refractivity contribution in [2.75, 3.05) is 6.61 Å². The van der Waals surface area contributed by atoms with Gasteiger partial charge in [0.25, 0.3) is 0 Å². The zero-order chi connectivity index (χ0) is 13.9. The van der Waals surface area contributed by atoms with Crippen molar-refractivity contribution >= 4 is 0 Å². The monoisotopic (exact) mass is 277 g/mol. The molecular formula is C15H13F2NO2. The molecule has 2 aromatic rings. The summed E-state index contributed by atoms with van der Waals surface area (Å²) in [4.78, 5) is 5.08. The van der Waals surface area contributed by atoms with E-state index in [0.717, 1.165) is 12.0 Å². The van der Waals surface area contributed by atoms with E-state index in [4.69, 9.17) is 9.57 Å². The summed E-state index contributed by atoms with van der Waals surface area (Å²) >= 11 is 0. The van der Waals surface area contributed by atoms with Crippen LogP contribution in [-0.4, -0.2) is 6.61 Å². The highest BCUT2D eigenvalue weighted by molar-refractivity contribution is 5.36. The molecule has 0 aliphatic carbocycles. The molecule has 1 fully saturated rings. The molecule has 1 aliphatic rings. The lowest BCUT2D eigenvalue weighted by Crippen LogP contribution is -2.11. The topological polar surface area (TPSA) is 30.5 Å². The van der Waals surface area contributed by atoms with Crippen LogP contribution in [-0.2, 0) is 4.84 Å². The molecule has 0 unspecified atom stereocenters. The summed E-state index contributed by atoms with van der Waals surface area (Å²) in [6, 6.07) is 10.2. The maximum Gasteiger partial charge on any atom is 0.165 e. The fraction of sp³-hybridized carbons (Fsp3) is 0.200. The molecule has 0 radical (unpaired) electrons. The average molecular weight is 277 g/mol. The zero-order valence-electron chi connectivity index (χ0n) is 10.6. The molecule has 3 rings (SSSR count). The Kier molecular flexibility index (Phi) is 3.62. The van der Waals surface area contributed by atoms with E-state index in [0.29, 0.717) is 6.61 Å². The third kappa shape index (κ3) is 2.79. The van der Waals surface area contributed by atoms with Gasteiger partial charge >= 0.3 is 0 Å². The molecule has 0 saturated carbocycles. The van der Waals surface area contributed by atoms with Crippen molar-refractivity contribution in [3.63, 3.8) is 0 Å². The minimum atomic E-state index is -0.489. The lowest BCUT2D eigenvalue weighted by atomic mass is 10.1. The molecular weight excluding hydrogens is 264 g/mol. The summed E-state index contributed by atoms with van der Waals surface area (Å²) in [6.07, 6.45) is 0.811. The highest BCUT2D eigenvalue weighted by Crippen LogP contribution is 2.30. The Morgan fingerprint density at radius 3 is 2.80 bits per heavy atom. The van der Waals surface area contributed by atoms with Crippen molar-refractivity contribution in [3.8, 4) is 11.5 Å². The van der Waals surface area contributed by atoms with Crippen molar-refractivity contribution in [1.82, 2.24) is 5.48 Å². The van der Waals surface area contributed by atoms with E-state index in [2.05, 4.69) is 5.48 Å². The van der Waals surface area contributed by atoms with E-state index < -0.39 is 11.6 Å². The number of halogens is 2. The Labute approximate surface area is 115 Å². The summed E-state index contributed by atoms with van der Waals surface area (Å²) in [5.41, 5.74) is 3.73. The molecule has 3 nitrogen and oxygen atoms in total. The van der Waals surface area contributed by atoms with Crippen LogP contribution < -0.4 is 10.2 Å². The van der Waals surface area contributed by atoms with Crippen molar-refractivity contribution in [3.05, 3.63) is 59.7 Å². The molecule has 0 bridgehead atoms. The van der Waals surface area contributed by atoms with Gasteiger partial charge in [0.05, 0.1) is 12.6 Å². The predicted octanol–water partition coefficient (Wildman–Crippen LogP) is 3.72. The van der Waals surface area contributed by atoms with Crippen LogP contribution >= 0.6 is 0 Å². The van der Waals surface area contributed by atoms with E-state index in [-0.39, 0.29) is 17.5 Å². The Bertz CT molecular complexity index is 613. The second-order valence-electron chi connectivity index (χ2n) is 4.56. The van der Waals surface area contributed by atoms with Gasteiger partial charge < -0.3 is 9.57 Å². The van der Waals surface area contributed by atoms with Crippen LogP contribution in [0.5, 0.6) is 11.5 Å². The maximum atomic E-state index is 13.8. The van der Waals surface area contributed by atoms with Gasteiger partial charge in [-0.1, -0.05) is 12.1 Å². The molecule has 1 heterocycles. The van der Waals surface area contributed by atoms with E-state index in [9.17, 15) is 8.78 Å². The molecule has 0 amide bonds. The zero-order valence-corrected chi connectivity index (χ0v) is 10.6. The molecule has 1 N–H and O–H groups in total. The van der Waals surface area contributed by atoms with Crippen LogP contribution in [0.15, 0.2) is 42.5 Å². The van der Waals surface area contributed by atoms with Crippen molar-refractivity contribution in [2.24, 2.45) is 0 Å². The van der Waals surface area contributed by atoms with E-state index in [1.165, 1.54) is 24.3 Å². The molecule has 104 valence electrons. The third-order valence-electron chi connectivity index (χ3n) is 3.12. The van der Waals surface area contributed by atoms with Gasteiger partial charge in [0.1, 0.15) is 11.6 Å². The number of hydroxylamine groups is 1. The van der Waals surface area contributed by atoms with Crippen LogP contribution in [0.25, 0.3) is 0 Å². The van der Waals surface area contributed by atoms with Gasteiger partial charge in [-0.2, -0.15) is 5.48 Å². The summed E-state index contributed by atoms with van der Waals surface area (Å²) in [5.74, 6) is -0.583. The number of hydrogen-bond acceptors (Lipinski definition) is 3. The summed E-state index contributed by atoms with van der Waals surface area (Å²) in [6.45, 7) is 0.613. The Morgan fingerprint density at radius 2 is 2.05 bits per heavy atom. The Hall–Kier alpha value is -1.98. The molecule has 1 saturated heterocycles. The number of rotatable bonds is 3. The van der Waals surface area contributed by atoms with Gasteiger partial charge in [0.2, 0.25) is 0 Å². The first-order valence-electron chi connectivity index (χ1n) is 6.32. The summed E-state index contributed by atoms with van der Waals surface area (Å²) in [7, 11) is 0. The summed E-state index contributed by atoms with van der Waals surface area (Å²) < 4.78 is 32.3. The summed E-state index contributed by atoms with van der Waals surface area (Å²) in [5, 5.41) is 0. The molecule has 2 aromatic carbocycles. The molecule has 1 aliphatic heterocycles. The lowest BCUT2D eigenvalue weighted by molar-refractivity contribution is 0.0882. The molecule has 1 atom stereocenters. The highest BCUT2D eigenvalue weighted by atomic mass is 19.1. The van der Waals surface area contributed by atoms with Crippen LogP contribution in [0.4, 0.5) is 8.78 Å². The number of nitrogens with one attached hydrogen (secondary N) is 1. The van der Waals surface area contributed by atoms with E-state index in [1.807, 2.05) is 0 Å². The second kappa shape index (κ2) is 5.56. The van der Waals surface area contributed by atoms with Crippen LogP contribution in [0, 0.1) is 11.6 Å². The maximum absolute atomic E-state index is 13.8. The quantitative estimate of drug-likeness (QED) is 0.927. The van der Waals surface area contributed by atoms with Gasteiger partial charge in [-0.05, 0) is 36.2 Å². The predicted molar refractivity (Wildman–Crippen MR) is 69.3 cm³/mol. The highest BCUT2D eigenvalue weighted by Gasteiger charge is 2.19. The number of benzene rings is 2. The van der Waals surface area contributed by atoms with Crippen molar-refractivity contribution in [2.45, 2.75) is 12.5 Å². The van der Waals surface area contributed by atoms with Gasteiger partial charge in [0, 0.05) is 6.07 Å².